The number of hydrogen-bond donors (Lipinski definition) is 0. The highest BCUT2D eigenvalue weighted by molar-refractivity contribution is 5.71. The Morgan fingerprint density at radius 1 is 0.276 bits per heavy atom. The van der Waals surface area contributed by atoms with Crippen molar-refractivity contribution in [1.82, 2.24) is 0 Å². The third-order valence-corrected chi connectivity index (χ3v) is 14.4. The Kier molecular flexibility index (Phi) is 61.7. The molecule has 0 saturated heterocycles. The van der Waals surface area contributed by atoms with Crippen LogP contribution in [0.15, 0.2) is 72.9 Å². The second-order valence-corrected chi connectivity index (χ2v) is 22.0. The summed E-state index contributed by atoms with van der Waals surface area (Å²) in [4.78, 5) is 38.3. The van der Waals surface area contributed by atoms with Gasteiger partial charge in [0.05, 0.1) is 0 Å². The van der Waals surface area contributed by atoms with Crippen molar-refractivity contribution in [1.29, 1.82) is 0 Å². The fraction of sp³-hybridized carbons (Fsp3) is 0.786. The van der Waals surface area contributed by atoms with Crippen molar-refractivity contribution in [2.75, 3.05) is 13.2 Å². The lowest BCUT2D eigenvalue weighted by atomic mass is 10.0. The average molecular weight is 1060 g/mol. The van der Waals surface area contributed by atoms with E-state index in [1.807, 2.05) is 0 Å². The molecule has 0 heterocycles. The number of ether oxygens (including phenoxy) is 3. The van der Waals surface area contributed by atoms with Crippen LogP contribution in [0.25, 0.3) is 0 Å². The first-order chi connectivity index (χ1) is 37.5. The van der Waals surface area contributed by atoms with Crippen molar-refractivity contribution in [3.05, 3.63) is 72.9 Å². The molecule has 0 rings (SSSR count). The van der Waals surface area contributed by atoms with Gasteiger partial charge in [-0.3, -0.25) is 14.4 Å². The van der Waals surface area contributed by atoms with Gasteiger partial charge >= 0.3 is 17.9 Å². The Balaban J connectivity index is 4.21. The largest absolute Gasteiger partial charge is 0.462 e. The molecule has 1 atom stereocenters. The second kappa shape index (κ2) is 64.4. The topological polar surface area (TPSA) is 78.9 Å². The maximum atomic E-state index is 12.9. The number of hydrogen-bond acceptors (Lipinski definition) is 6. The lowest BCUT2D eigenvalue weighted by Crippen LogP contribution is -2.30. The van der Waals surface area contributed by atoms with Crippen molar-refractivity contribution in [2.45, 2.75) is 341 Å². The normalized spacial score (nSPS) is 12.5. The lowest BCUT2D eigenvalue weighted by Gasteiger charge is -2.18. The van der Waals surface area contributed by atoms with Gasteiger partial charge in [-0.2, -0.15) is 0 Å². The Morgan fingerprint density at radius 3 is 0.816 bits per heavy atom. The number of allylic oxidation sites excluding steroid dienone is 12. The van der Waals surface area contributed by atoms with Gasteiger partial charge in [0, 0.05) is 19.3 Å². The van der Waals surface area contributed by atoms with Crippen molar-refractivity contribution in [3.8, 4) is 0 Å². The molecular weight excluding hydrogens is 937 g/mol. The van der Waals surface area contributed by atoms with E-state index in [0.717, 1.165) is 109 Å². The van der Waals surface area contributed by atoms with Gasteiger partial charge in [-0.25, -0.2) is 0 Å². The smallest absolute Gasteiger partial charge is 0.306 e. The van der Waals surface area contributed by atoms with E-state index < -0.39 is 6.10 Å². The molecule has 0 saturated carbocycles. The lowest BCUT2D eigenvalue weighted by molar-refractivity contribution is -0.167. The van der Waals surface area contributed by atoms with Crippen LogP contribution in [-0.2, 0) is 28.6 Å². The standard InChI is InChI=1S/C70H124O6/c1-4-7-10-13-16-19-22-25-28-29-30-31-32-33-34-35-36-37-38-39-40-41-43-45-48-51-54-57-60-63-69(72)75-66-67(65-74-68(71)62-59-56-53-50-47-44-27-24-21-18-15-12-9-6-3)76-70(73)64-61-58-55-52-49-46-42-26-23-20-17-14-11-8-5-2/h8,11,17,20,22,24-27,29-30,42,67H,4-7,9-10,12-16,18-19,21,23,28,31-41,43-66H2,1-3H3/b11-8-,20-17-,25-22-,27-24-,30-29-,42-26-. The molecular formula is C70H124O6. The number of unbranched alkanes of at least 4 members (excludes halogenated alkanes) is 37. The van der Waals surface area contributed by atoms with Crippen molar-refractivity contribution in [2.24, 2.45) is 0 Å². The Morgan fingerprint density at radius 2 is 0.513 bits per heavy atom. The first kappa shape index (κ1) is 72.8. The first-order valence-corrected chi connectivity index (χ1v) is 32.9. The van der Waals surface area contributed by atoms with Crippen LogP contribution in [0, 0.1) is 0 Å². The van der Waals surface area contributed by atoms with Crippen molar-refractivity contribution in [3.63, 3.8) is 0 Å². The molecule has 76 heavy (non-hydrogen) atoms. The van der Waals surface area contributed by atoms with E-state index in [-0.39, 0.29) is 31.1 Å². The Bertz CT molecular complexity index is 1400. The fourth-order valence-electron chi connectivity index (χ4n) is 9.48. The van der Waals surface area contributed by atoms with Gasteiger partial charge in [0.2, 0.25) is 0 Å². The monoisotopic (exact) mass is 1060 g/mol. The zero-order valence-electron chi connectivity index (χ0n) is 50.5. The maximum Gasteiger partial charge on any atom is 0.306 e. The first-order valence-electron chi connectivity index (χ1n) is 32.9. The average Bonchev–Trinajstić information content (AvgIpc) is 3.42. The summed E-state index contributed by atoms with van der Waals surface area (Å²) in [6.07, 6.45) is 83.5. The summed E-state index contributed by atoms with van der Waals surface area (Å²) in [7, 11) is 0. The molecule has 0 aromatic rings. The minimum absolute atomic E-state index is 0.0827. The number of rotatable bonds is 60. The quantitative estimate of drug-likeness (QED) is 0.0261. The highest BCUT2D eigenvalue weighted by atomic mass is 16.6. The molecule has 0 amide bonds. The summed E-state index contributed by atoms with van der Waals surface area (Å²) in [6.45, 7) is 6.52. The minimum Gasteiger partial charge on any atom is -0.462 e. The molecule has 0 aromatic heterocycles. The van der Waals surface area contributed by atoms with Gasteiger partial charge < -0.3 is 14.2 Å². The van der Waals surface area contributed by atoms with Gasteiger partial charge in [-0.1, -0.05) is 280 Å². The van der Waals surface area contributed by atoms with Crippen molar-refractivity contribution >= 4 is 17.9 Å². The number of carbonyl (C=O) groups excluding carboxylic acids is 3. The summed E-state index contributed by atoms with van der Waals surface area (Å²) in [6, 6.07) is 0. The SMILES string of the molecule is CC/C=C\C/C=C\C/C=C\CCCCCCCC(=O)OC(COC(=O)CCCCCCC/C=C\CCCCCCC)COC(=O)CCCCCCCCCCCCCCCCCCC/C=C\C/C=C\CCCCCCC. The number of esters is 3. The molecule has 0 fully saturated rings. The van der Waals surface area contributed by atoms with Crippen molar-refractivity contribution < 1.29 is 28.6 Å². The third-order valence-electron chi connectivity index (χ3n) is 14.4. The van der Waals surface area contributed by atoms with E-state index in [4.69, 9.17) is 14.2 Å². The molecule has 0 bridgehead atoms. The zero-order valence-corrected chi connectivity index (χ0v) is 50.5. The van der Waals surface area contributed by atoms with Gasteiger partial charge in [-0.05, 0) is 109 Å². The summed E-state index contributed by atoms with van der Waals surface area (Å²) in [5.41, 5.74) is 0. The Hall–Kier alpha value is -3.15. The van der Waals surface area contributed by atoms with Crippen LogP contribution >= 0.6 is 0 Å². The van der Waals surface area contributed by atoms with E-state index in [9.17, 15) is 14.4 Å². The van der Waals surface area contributed by atoms with Gasteiger partial charge in [-0.15, -0.1) is 0 Å². The molecule has 0 N–H and O–H groups in total. The maximum absolute atomic E-state index is 12.9. The highest BCUT2D eigenvalue weighted by Gasteiger charge is 2.19. The molecule has 0 aliphatic heterocycles. The molecule has 0 aliphatic rings. The van der Waals surface area contributed by atoms with Crippen LogP contribution in [-0.4, -0.2) is 37.2 Å². The van der Waals surface area contributed by atoms with Crippen LogP contribution in [0.2, 0.25) is 0 Å². The van der Waals surface area contributed by atoms with E-state index >= 15 is 0 Å². The molecule has 0 radical (unpaired) electrons. The van der Waals surface area contributed by atoms with Crippen LogP contribution in [0.1, 0.15) is 335 Å². The molecule has 0 spiro atoms. The predicted octanol–water partition coefficient (Wildman–Crippen LogP) is 22.5. The fourth-order valence-corrected chi connectivity index (χ4v) is 9.48. The van der Waals surface area contributed by atoms with Crippen LogP contribution in [0.3, 0.4) is 0 Å². The minimum atomic E-state index is -0.787. The van der Waals surface area contributed by atoms with Crippen LogP contribution < -0.4 is 0 Å². The summed E-state index contributed by atoms with van der Waals surface area (Å²) in [5, 5.41) is 0. The molecule has 0 aliphatic carbocycles. The van der Waals surface area contributed by atoms with Gasteiger partial charge in [0.25, 0.3) is 0 Å². The predicted molar refractivity (Wildman–Crippen MR) is 330 cm³/mol. The molecule has 6 heteroatoms. The summed E-state index contributed by atoms with van der Waals surface area (Å²) >= 11 is 0. The Labute approximate surface area is 472 Å². The van der Waals surface area contributed by atoms with E-state index in [1.165, 1.54) is 186 Å². The van der Waals surface area contributed by atoms with Gasteiger partial charge in [0.15, 0.2) is 6.10 Å². The van der Waals surface area contributed by atoms with Gasteiger partial charge in [0.1, 0.15) is 13.2 Å². The molecule has 0 aromatic carbocycles. The van der Waals surface area contributed by atoms with E-state index in [0.29, 0.717) is 19.3 Å². The second-order valence-electron chi connectivity index (χ2n) is 22.0. The van der Waals surface area contributed by atoms with E-state index in [2.05, 4.69) is 93.7 Å². The highest BCUT2D eigenvalue weighted by Crippen LogP contribution is 2.17. The molecule has 1 unspecified atom stereocenters. The van der Waals surface area contributed by atoms with Crippen LogP contribution in [0.5, 0.6) is 0 Å². The third kappa shape index (κ3) is 61.7. The van der Waals surface area contributed by atoms with E-state index in [1.54, 1.807) is 0 Å². The van der Waals surface area contributed by atoms with Crippen LogP contribution in [0.4, 0.5) is 0 Å². The molecule has 440 valence electrons. The number of carbonyl (C=O) groups is 3. The molecule has 6 nitrogen and oxygen atoms in total. The summed E-state index contributed by atoms with van der Waals surface area (Å²) in [5.74, 6) is -0.894. The zero-order chi connectivity index (χ0) is 55.0. The summed E-state index contributed by atoms with van der Waals surface area (Å²) < 4.78 is 16.9.